The van der Waals surface area contributed by atoms with Gasteiger partial charge in [-0.25, -0.2) is 0 Å². The molecule has 1 aliphatic heterocycles. The fourth-order valence-electron chi connectivity index (χ4n) is 3.44. The van der Waals surface area contributed by atoms with E-state index < -0.39 is 55.1 Å². The van der Waals surface area contributed by atoms with Gasteiger partial charge >= 0.3 is 0 Å². The predicted octanol–water partition coefficient (Wildman–Crippen LogP) is -3.47. The molecule has 0 aromatic carbocycles. The Morgan fingerprint density at radius 1 is 0.400 bits per heavy atom. The van der Waals surface area contributed by atoms with Crippen LogP contribution in [0.2, 0.25) is 0 Å². The van der Waals surface area contributed by atoms with Gasteiger partial charge in [-0.15, -0.1) is 0 Å². The molecule has 1 rings (SSSR count). The van der Waals surface area contributed by atoms with Crippen LogP contribution < -0.4 is 31.9 Å². The molecule has 18 nitrogen and oxygen atoms in total. The van der Waals surface area contributed by atoms with Crippen LogP contribution in [-0.2, 0) is 43.2 Å². The van der Waals surface area contributed by atoms with Gasteiger partial charge in [0.1, 0.15) is 0 Å². The number of hydrogen-bond donors (Lipinski definition) is 6. The molecule has 0 atom stereocenters. The highest BCUT2D eigenvalue weighted by Crippen LogP contribution is 2.09. The van der Waals surface area contributed by atoms with E-state index >= 15 is 0 Å². The van der Waals surface area contributed by atoms with Gasteiger partial charge in [0.25, 0.3) is 0 Å². The maximum absolute atomic E-state index is 13.0. The van der Waals surface area contributed by atoms with Crippen LogP contribution in [0.1, 0.15) is 19.3 Å². The Balaban J connectivity index is 2.78. The third kappa shape index (κ3) is 17.6. The summed E-state index contributed by atoms with van der Waals surface area (Å²) in [5, 5.41) is 14.9. The van der Waals surface area contributed by atoms with Gasteiger partial charge in [0, 0.05) is 38.9 Å². The van der Waals surface area contributed by atoms with Crippen molar-refractivity contribution in [2.75, 3.05) is 72.6 Å². The van der Waals surface area contributed by atoms with Crippen LogP contribution in [0.3, 0.4) is 0 Å². The third-order valence-electron chi connectivity index (χ3n) is 5.78. The first-order valence-corrected chi connectivity index (χ1v) is 18.1. The molecule has 0 bridgehead atoms. The Kier molecular flexibility index (Phi) is 20.5. The van der Waals surface area contributed by atoms with E-state index in [4.69, 9.17) is 0 Å². The Morgan fingerprint density at radius 2 is 0.644 bits per heavy atom. The minimum absolute atomic E-state index is 0.0617. The molecule has 0 spiro atoms. The van der Waals surface area contributed by atoms with Crippen LogP contribution in [0, 0.1) is 0 Å². The largest absolute Gasteiger partial charge is 0.355 e. The molecule has 1 saturated heterocycles. The molecular formula is C24H36I3N9O9. The van der Waals surface area contributed by atoms with Crippen molar-refractivity contribution in [1.82, 2.24) is 46.6 Å². The third-order valence-corrected chi connectivity index (χ3v) is 7.86. The Hall–Kier alpha value is -2.58. The topological polar surface area (TPSA) is 236 Å². The van der Waals surface area contributed by atoms with E-state index in [-0.39, 0.29) is 89.9 Å². The Morgan fingerprint density at radius 3 is 0.867 bits per heavy atom. The second-order valence-corrected chi connectivity index (χ2v) is 11.5. The highest BCUT2D eigenvalue weighted by molar-refractivity contribution is 14.1. The molecule has 1 aliphatic rings. The Labute approximate surface area is 300 Å². The van der Waals surface area contributed by atoms with Crippen LogP contribution in [0.5, 0.6) is 0 Å². The number of carbonyl (C=O) groups excluding carboxylic acids is 9. The lowest BCUT2D eigenvalue weighted by Gasteiger charge is -2.42. The van der Waals surface area contributed by atoms with Crippen molar-refractivity contribution < 1.29 is 43.2 Å². The van der Waals surface area contributed by atoms with Crippen LogP contribution >= 0.6 is 67.8 Å². The molecule has 0 aromatic rings. The molecule has 0 unspecified atom stereocenters. The van der Waals surface area contributed by atoms with E-state index in [0.29, 0.717) is 0 Å². The van der Waals surface area contributed by atoms with Crippen LogP contribution in [-0.4, -0.2) is 140 Å². The minimum atomic E-state index is -0.611. The smallest absolute Gasteiger partial charge is 0.244 e. The summed E-state index contributed by atoms with van der Waals surface area (Å²) in [6, 6.07) is 0. The van der Waals surface area contributed by atoms with Crippen molar-refractivity contribution in [1.29, 1.82) is 0 Å². The van der Waals surface area contributed by atoms with Crippen molar-refractivity contribution in [3.8, 4) is 0 Å². The van der Waals surface area contributed by atoms with Gasteiger partial charge in [0.2, 0.25) is 53.2 Å². The summed E-state index contributed by atoms with van der Waals surface area (Å²) in [6.45, 7) is -1.80. The standard InChI is InChI=1S/C24H36I3N9O9/c25-7-19(40)28-4-1-16(37)31-10-22(43)34-13-35(23(44)11-32-17(38)2-5-29-20(41)8-26)15-36(14-34)24(45)12-33-18(39)3-6-30-21(42)9-27/h1-15H2,(H,28,40)(H,29,41)(H,30,42)(H,31,37)(H,32,38)(H,33,39). The first kappa shape index (κ1) is 40.4. The molecule has 0 radical (unpaired) electrons. The molecule has 0 aliphatic carbocycles. The lowest BCUT2D eigenvalue weighted by molar-refractivity contribution is -0.158. The van der Waals surface area contributed by atoms with E-state index in [1.54, 1.807) is 0 Å². The van der Waals surface area contributed by atoms with Crippen LogP contribution in [0.4, 0.5) is 0 Å². The number of halogens is 3. The molecule has 0 aromatic heterocycles. The van der Waals surface area contributed by atoms with Gasteiger partial charge in [0.05, 0.1) is 52.9 Å². The SMILES string of the molecule is O=C(CI)NCCC(=O)NCC(=O)N1CN(C(=O)CNC(=O)CCNC(=O)CI)CN(C(=O)CNC(=O)CCNC(=O)CI)C1. The first-order valence-electron chi connectivity index (χ1n) is 13.5. The van der Waals surface area contributed by atoms with Crippen LogP contribution in [0.15, 0.2) is 0 Å². The summed E-state index contributed by atoms with van der Waals surface area (Å²) in [5.74, 6) is -4.03. The average Bonchev–Trinajstić information content (AvgIpc) is 3.04. The summed E-state index contributed by atoms with van der Waals surface area (Å²) in [5.41, 5.74) is 0. The first-order chi connectivity index (χ1) is 21.4. The normalized spacial score (nSPS) is 12.5. The number of carbonyl (C=O) groups is 9. The quantitative estimate of drug-likeness (QED) is 0.0591. The lowest BCUT2D eigenvalue weighted by atomic mass is 10.3. The number of rotatable bonds is 18. The van der Waals surface area contributed by atoms with Crippen LogP contribution in [0.25, 0.3) is 0 Å². The molecule has 0 saturated carbocycles. The van der Waals surface area contributed by atoms with Gasteiger partial charge in [-0.3, -0.25) is 43.2 Å². The minimum Gasteiger partial charge on any atom is -0.355 e. The van der Waals surface area contributed by atoms with Gasteiger partial charge in [0.15, 0.2) is 0 Å². The maximum atomic E-state index is 13.0. The van der Waals surface area contributed by atoms with E-state index in [9.17, 15) is 43.2 Å². The van der Waals surface area contributed by atoms with Crippen molar-refractivity contribution in [3.05, 3.63) is 0 Å². The molecule has 1 heterocycles. The van der Waals surface area contributed by atoms with Crippen molar-refractivity contribution in [3.63, 3.8) is 0 Å². The van der Waals surface area contributed by atoms with E-state index in [1.165, 1.54) is 0 Å². The van der Waals surface area contributed by atoms with Gasteiger partial charge in [-0.1, -0.05) is 67.8 Å². The van der Waals surface area contributed by atoms with Crippen molar-refractivity contribution >= 4 is 121 Å². The number of hydrogen-bond acceptors (Lipinski definition) is 9. The molecule has 252 valence electrons. The monoisotopic (exact) mass is 975 g/mol. The second kappa shape index (κ2) is 22.8. The zero-order chi connectivity index (χ0) is 33.8. The Bertz CT molecular complexity index is 974. The predicted molar refractivity (Wildman–Crippen MR) is 184 cm³/mol. The fraction of sp³-hybridized carbons (Fsp3) is 0.625. The summed E-state index contributed by atoms with van der Waals surface area (Å²) in [4.78, 5) is 113. The molecular weight excluding hydrogens is 939 g/mol. The molecule has 45 heavy (non-hydrogen) atoms. The summed E-state index contributed by atoms with van der Waals surface area (Å²) >= 11 is 5.64. The number of amides is 9. The number of nitrogens with zero attached hydrogens (tertiary/aromatic N) is 3. The summed E-state index contributed by atoms with van der Waals surface area (Å²) in [7, 11) is 0. The van der Waals surface area contributed by atoms with E-state index in [1.807, 2.05) is 67.8 Å². The maximum Gasteiger partial charge on any atom is 0.244 e. The summed E-state index contributed by atoms with van der Waals surface area (Å²) in [6.07, 6.45) is -0.185. The zero-order valence-electron chi connectivity index (χ0n) is 24.3. The molecule has 1 fully saturated rings. The molecule has 9 amide bonds. The number of alkyl halides is 3. The second-order valence-electron chi connectivity index (χ2n) is 9.26. The van der Waals surface area contributed by atoms with E-state index in [0.717, 1.165) is 14.7 Å². The van der Waals surface area contributed by atoms with Gasteiger partial charge in [-0.2, -0.15) is 0 Å². The molecule has 21 heteroatoms. The van der Waals surface area contributed by atoms with Gasteiger partial charge in [-0.05, 0) is 0 Å². The highest BCUT2D eigenvalue weighted by atomic mass is 127. The van der Waals surface area contributed by atoms with Crippen molar-refractivity contribution in [2.24, 2.45) is 0 Å². The molecule has 6 N–H and O–H groups in total. The summed E-state index contributed by atoms with van der Waals surface area (Å²) < 4.78 is 0.704. The highest BCUT2D eigenvalue weighted by Gasteiger charge is 2.32. The average molecular weight is 975 g/mol. The fourth-order valence-corrected chi connectivity index (χ4v) is 4.25. The lowest BCUT2D eigenvalue weighted by Crippen LogP contribution is -2.62. The van der Waals surface area contributed by atoms with E-state index in [2.05, 4.69) is 31.9 Å². The zero-order valence-corrected chi connectivity index (χ0v) is 30.7. The van der Waals surface area contributed by atoms with Gasteiger partial charge < -0.3 is 46.6 Å². The van der Waals surface area contributed by atoms with Crippen molar-refractivity contribution in [2.45, 2.75) is 19.3 Å². The number of nitrogens with one attached hydrogen (secondary N) is 6.